The van der Waals surface area contributed by atoms with E-state index in [1.54, 1.807) is 19.3 Å². The lowest BCUT2D eigenvalue weighted by Gasteiger charge is -2.38. The lowest BCUT2D eigenvalue weighted by molar-refractivity contribution is -0.130. The van der Waals surface area contributed by atoms with Gasteiger partial charge in [-0.3, -0.25) is 9.59 Å². The van der Waals surface area contributed by atoms with Crippen LogP contribution < -0.4 is 29.6 Å². The average Bonchev–Trinajstić information content (AvgIpc) is 4.32. The van der Waals surface area contributed by atoms with Crippen molar-refractivity contribution >= 4 is 23.1 Å². The molecule has 4 aliphatic rings. The van der Waals surface area contributed by atoms with Gasteiger partial charge in [-0.1, -0.05) is 91.5 Å². The molecule has 4 aromatic heterocycles. The Labute approximate surface area is 441 Å². The van der Waals surface area contributed by atoms with Crippen LogP contribution >= 0.6 is 0 Å². The van der Waals surface area contributed by atoms with Crippen LogP contribution in [0, 0.1) is 0 Å². The summed E-state index contributed by atoms with van der Waals surface area (Å²) in [6, 6.07) is 41.1. The van der Waals surface area contributed by atoms with Crippen molar-refractivity contribution < 1.29 is 28.5 Å². The number of imidazole rings is 2. The normalized spacial score (nSPS) is 21.1. The van der Waals surface area contributed by atoms with E-state index < -0.39 is 0 Å². The van der Waals surface area contributed by atoms with Crippen LogP contribution in [-0.4, -0.2) is 115 Å². The van der Waals surface area contributed by atoms with E-state index in [0.29, 0.717) is 43.7 Å². The number of piperidine rings is 2. The van der Waals surface area contributed by atoms with E-state index in [2.05, 4.69) is 91.7 Å². The molecule has 4 aromatic carbocycles. The van der Waals surface area contributed by atoms with Gasteiger partial charge in [0.2, 0.25) is 23.6 Å². The molecule has 6 atom stereocenters. The molecule has 8 aromatic rings. The fraction of sp³-hybridized carbons (Fsp3) is 0.300. The number of amides is 2. The summed E-state index contributed by atoms with van der Waals surface area (Å²) in [6.45, 7) is 10.4. The van der Waals surface area contributed by atoms with Gasteiger partial charge in [0.15, 0.2) is 11.3 Å². The van der Waals surface area contributed by atoms with Crippen LogP contribution in [0.2, 0.25) is 0 Å². The highest BCUT2D eigenvalue weighted by molar-refractivity contribution is 5.88. The number of aromatic nitrogens is 6. The number of hydrogen-bond donors (Lipinski definition) is 2. The molecule has 16 nitrogen and oxygen atoms in total. The third kappa shape index (κ3) is 9.43. The van der Waals surface area contributed by atoms with Gasteiger partial charge in [-0.2, -0.15) is 0 Å². The molecular formula is C60H60N10O6. The maximum Gasteiger partial charge on any atom is 0.246 e. The number of carbonyl (C=O) groups is 2. The van der Waals surface area contributed by atoms with Crippen molar-refractivity contribution in [3.8, 4) is 68.3 Å². The minimum absolute atomic E-state index is 0.0125. The second kappa shape index (κ2) is 20.8. The highest BCUT2D eigenvalue weighted by atomic mass is 16.5. The first-order valence-electron chi connectivity index (χ1n) is 26.2. The summed E-state index contributed by atoms with van der Waals surface area (Å²) in [7, 11) is 1.61. The number of nitrogens with one attached hydrogen (secondary N) is 2. The number of likely N-dealkylation sites (tertiary alicyclic amines) is 2. The molecule has 12 rings (SSSR count). The van der Waals surface area contributed by atoms with Gasteiger partial charge < -0.3 is 39.4 Å². The summed E-state index contributed by atoms with van der Waals surface area (Å²) in [6.07, 6.45) is 8.14. The monoisotopic (exact) mass is 1020 g/mol. The van der Waals surface area contributed by atoms with Crippen molar-refractivity contribution in [2.24, 2.45) is 0 Å². The molecule has 8 heterocycles. The van der Waals surface area contributed by atoms with Crippen molar-refractivity contribution in [1.82, 2.24) is 49.6 Å². The van der Waals surface area contributed by atoms with Crippen LogP contribution in [0.5, 0.6) is 23.3 Å². The molecule has 4 aliphatic heterocycles. The van der Waals surface area contributed by atoms with E-state index in [-0.39, 0.29) is 54.7 Å². The predicted molar refractivity (Wildman–Crippen MR) is 290 cm³/mol. The number of carbonyl (C=O) groups excluding carboxylic acids is 2. The zero-order valence-corrected chi connectivity index (χ0v) is 42.8. The fourth-order valence-electron chi connectivity index (χ4n) is 11.5. The first kappa shape index (κ1) is 48.6. The summed E-state index contributed by atoms with van der Waals surface area (Å²) in [5.74, 6) is 2.52. The van der Waals surface area contributed by atoms with Gasteiger partial charge in [-0.15, -0.1) is 10.2 Å². The van der Waals surface area contributed by atoms with Crippen LogP contribution in [0.4, 0.5) is 0 Å². The SMILES string of the molecule is C=CC(=O)N1CCC(N[C@H]2COc3cc(-c4nc5ccc(OC/C=C/C(=O)N6CCC(N[C@H]7COc8cc(-c9nc%10ccc(OC)nn%10c9-c9ccccc9)ccc87)C[C@H]6C)nn5c4-c4ccccc4)ccc32)C[C@H]1C. The lowest BCUT2D eigenvalue weighted by Crippen LogP contribution is -2.50. The molecule has 0 aliphatic carbocycles. The zero-order valence-electron chi connectivity index (χ0n) is 42.8. The standard InChI is InChI=1S/C60H60N10O6/c1-5-55(71)67-28-26-43(31-37(67)2)61-47-35-75-50-34-42(19-21-45(47)50)58-60(40-15-10-7-11-16-40)70-52(64-58)23-25-54(66-70)74-30-12-17-56(72)68-29-27-44(32-38(68)3)62-48-36-76-49-33-41(18-20-46(48)49)57-59(39-13-8-6-9-14-39)69-51(63-57)22-24-53(65-69)73-4/h5-25,33-34,37-38,43-44,47-48,61-62H,1,26-32,35-36H2,2-4H3/b17-12+/t37-,38-,43?,44?,47+,48+/m1/s1. The van der Waals surface area contributed by atoms with Crippen LogP contribution in [0.25, 0.3) is 56.3 Å². The van der Waals surface area contributed by atoms with Crippen molar-refractivity contribution in [2.45, 2.75) is 75.8 Å². The van der Waals surface area contributed by atoms with E-state index in [4.69, 9.17) is 39.1 Å². The predicted octanol–water partition coefficient (Wildman–Crippen LogP) is 9.08. The number of methoxy groups -OCH3 is 1. The molecule has 2 saturated heterocycles. The highest BCUT2D eigenvalue weighted by Gasteiger charge is 2.35. The number of hydrogen-bond acceptors (Lipinski definition) is 12. The zero-order chi connectivity index (χ0) is 51.9. The van der Waals surface area contributed by atoms with Crippen molar-refractivity contribution in [3.63, 3.8) is 0 Å². The minimum atomic E-state index is -0.0431. The summed E-state index contributed by atoms with van der Waals surface area (Å²) >= 11 is 0. The third-order valence-corrected chi connectivity index (χ3v) is 15.3. The van der Waals surface area contributed by atoms with E-state index >= 15 is 0 Å². The van der Waals surface area contributed by atoms with Gasteiger partial charge >= 0.3 is 0 Å². The van der Waals surface area contributed by atoms with Crippen molar-refractivity contribution in [3.05, 3.63) is 157 Å². The third-order valence-electron chi connectivity index (χ3n) is 15.3. The van der Waals surface area contributed by atoms with Gasteiger partial charge in [0.1, 0.15) is 42.7 Å². The molecule has 2 fully saturated rings. The summed E-state index contributed by atoms with van der Waals surface area (Å²) in [4.78, 5) is 39.9. The maximum absolute atomic E-state index is 13.6. The molecule has 2 N–H and O–H groups in total. The Morgan fingerprint density at radius 1 is 0.645 bits per heavy atom. The Bertz CT molecular complexity index is 3510. The molecule has 16 heteroatoms. The maximum atomic E-state index is 13.6. The number of fused-ring (bicyclic) bond motifs is 4. The lowest BCUT2D eigenvalue weighted by atomic mass is 9.96. The van der Waals surface area contributed by atoms with Crippen LogP contribution in [0.3, 0.4) is 0 Å². The minimum Gasteiger partial charge on any atom is -0.491 e. The molecule has 0 radical (unpaired) electrons. The molecule has 0 bridgehead atoms. The smallest absolute Gasteiger partial charge is 0.246 e. The first-order valence-corrected chi connectivity index (χ1v) is 26.2. The van der Waals surface area contributed by atoms with Gasteiger partial charge in [0.25, 0.3) is 0 Å². The largest absolute Gasteiger partial charge is 0.491 e. The Hall–Kier alpha value is -8.34. The highest BCUT2D eigenvalue weighted by Crippen LogP contribution is 2.42. The topological polar surface area (TPSA) is 162 Å². The number of nitrogens with zero attached hydrogens (tertiary/aromatic N) is 8. The van der Waals surface area contributed by atoms with E-state index in [1.807, 2.05) is 79.5 Å². The van der Waals surface area contributed by atoms with Crippen LogP contribution in [0.15, 0.2) is 146 Å². The first-order chi connectivity index (χ1) is 37.2. The average molecular weight is 1020 g/mol. The summed E-state index contributed by atoms with van der Waals surface area (Å²) in [5, 5.41) is 17.3. The van der Waals surface area contributed by atoms with Gasteiger partial charge in [0, 0.05) is 88.8 Å². The Kier molecular flexibility index (Phi) is 13.3. The summed E-state index contributed by atoms with van der Waals surface area (Å²) < 4.78 is 27.9. The Morgan fingerprint density at radius 3 is 1.64 bits per heavy atom. The molecule has 2 amide bonds. The molecule has 0 spiro atoms. The second-order valence-electron chi connectivity index (χ2n) is 20.1. The van der Waals surface area contributed by atoms with Crippen molar-refractivity contribution in [2.75, 3.05) is 40.0 Å². The quantitative estimate of drug-likeness (QED) is 0.0996. The van der Waals surface area contributed by atoms with Gasteiger partial charge in [-0.05, 0) is 75.9 Å². The molecule has 2 unspecified atom stereocenters. The number of ether oxygens (including phenoxy) is 4. The summed E-state index contributed by atoms with van der Waals surface area (Å²) in [5.41, 5.74) is 10.7. The van der Waals surface area contributed by atoms with Gasteiger partial charge in [0.05, 0.1) is 30.6 Å². The number of rotatable bonds is 14. The molecule has 76 heavy (non-hydrogen) atoms. The molecule has 386 valence electrons. The molecule has 0 saturated carbocycles. The number of benzene rings is 4. The van der Waals surface area contributed by atoms with E-state index in [0.717, 1.165) is 99.0 Å². The van der Waals surface area contributed by atoms with Crippen molar-refractivity contribution in [1.29, 1.82) is 0 Å². The molecular weight excluding hydrogens is 957 g/mol. The van der Waals surface area contributed by atoms with Crippen LogP contribution in [-0.2, 0) is 9.59 Å². The second-order valence-corrected chi connectivity index (χ2v) is 20.1. The van der Waals surface area contributed by atoms with E-state index in [9.17, 15) is 9.59 Å². The fourth-order valence-corrected chi connectivity index (χ4v) is 11.5. The Morgan fingerprint density at radius 2 is 1.14 bits per heavy atom. The van der Waals surface area contributed by atoms with Crippen LogP contribution in [0.1, 0.15) is 62.7 Å². The van der Waals surface area contributed by atoms with Gasteiger partial charge in [-0.25, -0.2) is 19.0 Å². The Balaban J connectivity index is 0.673. The van der Waals surface area contributed by atoms with E-state index in [1.165, 1.54) is 6.08 Å².